The van der Waals surface area contributed by atoms with Gasteiger partial charge in [0.25, 0.3) is 0 Å². The number of rotatable bonds is 6. The molecule has 0 heterocycles. The summed E-state index contributed by atoms with van der Waals surface area (Å²) in [7, 11) is 0. The van der Waals surface area contributed by atoms with Crippen LogP contribution in [0.3, 0.4) is 0 Å². The predicted octanol–water partition coefficient (Wildman–Crippen LogP) is 6.55. The number of carbonyl (C=O) groups is 1. The lowest BCUT2D eigenvalue weighted by atomic mass is 10.1. The van der Waals surface area contributed by atoms with Gasteiger partial charge in [0.05, 0.1) is 0 Å². The highest BCUT2D eigenvalue weighted by molar-refractivity contribution is 5.71. The molecule has 0 bridgehead atoms. The van der Waals surface area contributed by atoms with Crippen molar-refractivity contribution in [2.45, 2.75) is 13.1 Å². The summed E-state index contributed by atoms with van der Waals surface area (Å²) < 4.78 is 5.70. The number of hydrogen-bond acceptors (Lipinski definition) is 2. The summed E-state index contributed by atoms with van der Waals surface area (Å²) in [6, 6.07) is 37.6. The van der Waals surface area contributed by atoms with Gasteiger partial charge in [-0.05, 0) is 34.4 Å². The van der Waals surface area contributed by atoms with E-state index < -0.39 is 0 Å². The summed E-state index contributed by atoms with van der Waals surface area (Å²) in [5.41, 5.74) is 4.33. The van der Waals surface area contributed by atoms with Crippen LogP contribution in [0.1, 0.15) is 11.1 Å². The van der Waals surface area contributed by atoms with Gasteiger partial charge in [0, 0.05) is 13.1 Å². The number of nitrogens with zero attached hydrogens (tertiary/aromatic N) is 1. The van der Waals surface area contributed by atoms with Gasteiger partial charge in [-0.1, -0.05) is 103 Å². The van der Waals surface area contributed by atoms with Crippen LogP contribution in [-0.4, -0.2) is 11.0 Å². The Labute approximate surface area is 177 Å². The number of hydrogen-bond donors (Lipinski definition) is 0. The molecule has 0 saturated carbocycles. The Morgan fingerprint density at radius 3 is 1.50 bits per heavy atom. The van der Waals surface area contributed by atoms with Crippen LogP contribution in [0, 0.1) is 0 Å². The van der Waals surface area contributed by atoms with Crippen molar-refractivity contribution in [3.05, 3.63) is 126 Å². The summed E-state index contributed by atoms with van der Waals surface area (Å²) in [6.45, 7) is 0.966. The zero-order chi connectivity index (χ0) is 20.6. The maximum absolute atomic E-state index is 13.0. The van der Waals surface area contributed by atoms with Crippen molar-refractivity contribution < 1.29 is 9.53 Å². The normalized spacial score (nSPS) is 10.4. The van der Waals surface area contributed by atoms with Gasteiger partial charge in [0.1, 0.15) is 5.75 Å². The maximum atomic E-state index is 13.0. The van der Waals surface area contributed by atoms with Crippen molar-refractivity contribution in [1.82, 2.24) is 4.90 Å². The van der Waals surface area contributed by atoms with Gasteiger partial charge in [-0.25, -0.2) is 4.79 Å². The maximum Gasteiger partial charge on any atom is 0.415 e. The first-order chi connectivity index (χ1) is 14.8. The second kappa shape index (κ2) is 9.57. The van der Waals surface area contributed by atoms with Gasteiger partial charge in [-0.2, -0.15) is 0 Å². The SMILES string of the molecule is O=C(Oc1ccc(-c2ccccc2)cc1)N(Cc1ccccc1)Cc1ccccc1. The van der Waals surface area contributed by atoms with E-state index in [1.165, 1.54) is 0 Å². The summed E-state index contributed by atoms with van der Waals surface area (Å²) in [4.78, 5) is 14.7. The van der Waals surface area contributed by atoms with Crippen molar-refractivity contribution >= 4 is 6.09 Å². The van der Waals surface area contributed by atoms with Crippen LogP contribution < -0.4 is 4.74 Å². The Balaban J connectivity index is 1.49. The molecule has 4 aromatic carbocycles. The molecule has 3 heteroatoms. The van der Waals surface area contributed by atoms with Gasteiger partial charge in [0.15, 0.2) is 0 Å². The molecular weight excluding hydrogens is 370 g/mol. The average Bonchev–Trinajstić information content (AvgIpc) is 2.81. The molecule has 3 nitrogen and oxygen atoms in total. The van der Waals surface area contributed by atoms with E-state index in [0.29, 0.717) is 18.8 Å². The largest absolute Gasteiger partial charge is 0.415 e. The summed E-state index contributed by atoms with van der Waals surface area (Å²) in [5, 5.41) is 0. The van der Waals surface area contributed by atoms with Crippen molar-refractivity contribution in [1.29, 1.82) is 0 Å². The minimum Gasteiger partial charge on any atom is -0.410 e. The van der Waals surface area contributed by atoms with Crippen molar-refractivity contribution in [3.8, 4) is 16.9 Å². The second-order valence-corrected chi connectivity index (χ2v) is 7.09. The van der Waals surface area contributed by atoms with Crippen LogP contribution in [0.2, 0.25) is 0 Å². The van der Waals surface area contributed by atoms with Gasteiger partial charge in [-0.3, -0.25) is 4.90 Å². The van der Waals surface area contributed by atoms with Crippen LogP contribution in [0.25, 0.3) is 11.1 Å². The predicted molar refractivity (Wildman–Crippen MR) is 120 cm³/mol. The van der Waals surface area contributed by atoms with Crippen molar-refractivity contribution in [2.75, 3.05) is 0 Å². The van der Waals surface area contributed by atoms with Crippen molar-refractivity contribution in [3.63, 3.8) is 0 Å². The molecule has 0 spiro atoms. The smallest absolute Gasteiger partial charge is 0.410 e. The summed E-state index contributed by atoms with van der Waals surface area (Å²) >= 11 is 0. The number of carbonyl (C=O) groups excluding carboxylic acids is 1. The molecular formula is C27H23NO2. The topological polar surface area (TPSA) is 29.5 Å². The standard InChI is InChI=1S/C27H23NO2/c29-27(30-26-18-16-25(17-19-26)24-14-8-3-9-15-24)28(20-22-10-4-1-5-11-22)21-23-12-6-2-7-13-23/h1-19H,20-21H2. The third-order valence-corrected chi connectivity index (χ3v) is 4.86. The lowest BCUT2D eigenvalue weighted by Gasteiger charge is -2.22. The Morgan fingerprint density at radius 1 is 0.567 bits per heavy atom. The molecule has 0 fully saturated rings. The minimum absolute atomic E-state index is 0.366. The van der Waals surface area contributed by atoms with Crippen LogP contribution in [0.4, 0.5) is 4.79 Å². The van der Waals surface area contributed by atoms with Gasteiger partial charge in [-0.15, -0.1) is 0 Å². The molecule has 0 aliphatic rings. The van der Waals surface area contributed by atoms with Crippen molar-refractivity contribution in [2.24, 2.45) is 0 Å². The molecule has 30 heavy (non-hydrogen) atoms. The molecule has 0 aromatic heterocycles. The third-order valence-electron chi connectivity index (χ3n) is 4.86. The summed E-state index contributed by atoms with van der Waals surface area (Å²) in [6.07, 6.45) is -0.366. The van der Waals surface area contributed by atoms with E-state index in [0.717, 1.165) is 22.3 Å². The lowest BCUT2D eigenvalue weighted by molar-refractivity contribution is 0.146. The molecule has 4 rings (SSSR count). The second-order valence-electron chi connectivity index (χ2n) is 7.09. The fourth-order valence-corrected chi connectivity index (χ4v) is 3.30. The monoisotopic (exact) mass is 393 g/mol. The molecule has 0 aliphatic carbocycles. The van der Waals surface area contributed by atoms with Crippen LogP contribution in [0.5, 0.6) is 5.75 Å². The average molecular weight is 393 g/mol. The molecule has 0 atom stereocenters. The fraction of sp³-hybridized carbons (Fsp3) is 0.0741. The molecule has 0 N–H and O–H groups in total. The van der Waals surface area contributed by atoms with E-state index >= 15 is 0 Å². The zero-order valence-corrected chi connectivity index (χ0v) is 16.6. The van der Waals surface area contributed by atoms with Crippen LogP contribution in [0.15, 0.2) is 115 Å². The third kappa shape index (κ3) is 5.15. The quantitative estimate of drug-likeness (QED) is 0.371. The van der Waals surface area contributed by atoms with E-state index in [1.807, 2.05) is 103 Å². The fourth-order valence-electron chi connectivity index (χ4n) is 3.30. The molecule has 0 radical (unpaired) electrons. The Morgan fingerprint density at radius 2 is 1.00 bits per heavy atom. The van der Waals surface area contributed by atoms with Crippen LogP contribution in [-0.2, 0) is 13.1 Å². The minimum atomic E-state index is -0.366. The van der Waals surface area contributed by atoms with E-state index in [1.54, 1.807) is 4.90 Å². The number of benzene rings is 4. The van der Waals surface area contributed by atoms with E-state index in [4.69, 9.17) is 4.74 Å². The van der Waals surface area contributed by atoms with E-state index in [9.17, 15) is 4.79 Å². The highest BCUT2D eigenvalue weighted by Gasteiger charge is 2.17. The first kappa shape index (κ1) is 19.5. The molecule has 0 aliphatic heterocycles. The Bertz CT molecular complexity index is 1020. The van der Waals surface area contributed by atoms with E-state index in [2.05, 4.69) is 12.1 Å². The van der Waals surface area contributed by atoms with E-state index in [-0.39, 0.29) is 6.09 Å². The first-order valence-corrected chi connectivity index (χ1v) is 9.98. The molecule has 0 unspecified atom stereocenters. The number of ether oxygens (including phenoxy) is 1. The zero-order valence-electron chi connectivity index (χ0n) is 16.6. The highest BCUT2D eigenvalue weighted by Crippen LogP contribution is 2.23. The van der Waals surface area contributed by atoms with Gasteiger partial charge < -0.3 is 4.74 Å². The van der Waals surface area contributed by atoms with Crippen LogP contribution >= 0.6 is 0 Å². The van der Waals surface area contributed by atoms with Gasteiger partial charge in [0.2, 0.25) is 0 Å². The molecule has 148 valence electrons. The molecule has 0 saturated heterocycles. The Hall–Kier alpha value is -3.85. The number of amides is 1. The summed E-state index contributed by atoms with van der Waals surface area (Å²) in [5.74, 6) is 0.533. The highest BCUT2D eigenvalue weighted by atomic mass is 16.6. The lowest BCUT2D eigenvalue weighted by Crippen LogP contribution is -2.32. The Kier molecular flexibility index (Phi) is 6.21. The first-order valence-electron chi connectivity index (χ1n) is 9.98. The van der Waals surface area contributed by atoms with Gasteiger partial charge >= 0.3 is 6.09 Å². The molecule has 4 aromatic rings. The molecule has 1 amide bonds.